The van der Waals surface area contributed by atoms with Crippen molar-refractivity contribution in [2.75, 3.05) is 18.0 Å². The monoisotopic (exact) mass is 253 g/mol. The van der Waals surface area contributed by atoms with Gasteiger partial charge in [-0.2, -0.15) is 0 Å². The number of hydrogen-bond acceptors (Lipinski definition) is 1. The van der Waals surface area contributed by atoms with Gasteiger partial charge in [0, 0.05) is 18.8 Å². The van der Waals surface area contributed by atoms with Gasteiger partial charge in [0.25, 0.3) is 0 Å². The van der Waals surface area contributed by atoms with E-state index < -0.39 is 12.4 Å². The zero-order valence-corrected chi connectivity index (χ0v) is 12.4. The first kappa shape index (κ1) is 14.6. The van der Waals surface area contributed by atoms with Crippen molar-refractivity contribution >= 4 is 18.1 Å². The number of nitrogens with zero attached hydrogens (tertiary/aromatic N) is 1. The van der Waals surface area contributed by atoms with Crippen LogP contribution in [-0.2, 0) is 0 Å². The summed E-state index contributed by atoms with van der Waals surface area (Å²) in [5.74, 6) is 0. The van der Waals surface area contributed by atoms with Crippen molar-refractivity contribution < 1.29 is 64.3 Å². The molecule has 0 atom stereocenters. The summed E-state index contributed by atoms with van der Waals surface area (Å²) in [6.07, 6.45) is 2.14. The van der Waals surface area contributed by atoms with Gasteiger partial charge >= 0.3 is 58.4 Å². The van der Waals surface area contributed by atoms with Gasteiger partial charge < -0.3 is 17.8 Å². The molecule has 0 amide bonds. The number of anilines is 1. The van der Waals surface area contributed by atoms with E-state index >= 15 is 0 Å². The van der Waals surface area contributed by atoms with Crippen LogP contribution in [0, 0.1) is 0 Å². The van der Waals surface area contributed by atoms with Crippen LogP contribution in [-0.4, -0.2) is 20.1 Å². The molecule has 0 spiro atoms. The quantitative estimate of drug-likeness (QED) is 0.633. The SMILES string of the molecule is F[B-](F)(F)c1cccc(N2CCCC2)c1.[K+]. The molecule has 1 saturated heterocycles. The van der Waals surface area contributed by atoms with Crippen molar-refractivity contribution in [1.29, 1.82) is 0 Å². The van der Waals surface area contributed by atoms with Crippen molar-refractivity contribution in [3.63, 3.8) is 0 Å². The fraction of sp³-hybridized carbons (Fsp3) is 0.400. The normalized spacial score (nSPS) is 16.1. The molecule has 0 N–H and O–H groups in total. The van der Waals surface area contributed by atoms with Crippen LogP contribution in [0.5, 0.6) is 0 Å². The summed E-state index contributed by atoms with van der Waals surface area (Å²) in [5, 5.41) is 0. The maximum atomic E-state index is 12.5. The average molecular weight is 253 g/mol. The van der Waals surface area contributed by atoms with E-state index in [-0.39, 0.29) is 51.4 Å². The molecule has 0 bridgehead atoms. The summed E-state index contributed by atoms with van der Waals surface area (Å²) in [6.45, 7) is -3.13. The summed E-state index contributed by atoms with van der Waals surface area (Å²) in [6, 6.07) is 5.62. The topological polar surface area (TPSA) is 3.24 Å². The molecule has 0 unspecified atom stereocenters. The van der Waals surface area contributed by atoms with E-state index in [1.54, 1.807) is 6.07 Å². The second-order valence-corrected chi connectivity index (χ2v) is 3.86. The molecule has 6 heteroatoms. The molecule has 1 heterocycles. The third-order valence-electron chi connectivity index (χ3n) is 2.72. The van der Waals surface area contributed by atoms with E-state index in [9.17, 15) is 12.9 Å². The summed E-state index contributed by atoms with van der Waals surface area (Å²) in [5.41, 5.74) is 0.198. The van der Waals surface area contributed by atoms with Crippen LogP contribution in [0.1, 0.15) is 12.8 Å². The minimum absolute atomic E-state index is 0. The van der Waals surface area contributed by atoms with Gasteiger partial charge in [-0.25, -0.2) is 0 Å². The first-order chi connectivity index (χ1) is 7.07. The van der Waals surface area contributed by atoms with Crippen LogP contribution in [0.4, 0.5) is 18.6 Å². The predicted molar refractivity (Wildman–Crippen MR) is 56.6 cm³/mol. The first-order valence-electron chi connectivity index (χ1n) is 5.12. The van der Waals surface area contributed by atoms with Gasteiger partial charge in [0.1, 0.15) is 0 Å². The molecule has 1 aromatic carbocycles. The second kappa shape index (κ2) is 5.91. The Bertz CT molecular complexity index is 350. The number of halogens is 3. The fourth-order valence-corrected chi connectivity index (χ4v) is 1.90. The van der Waals surface area contributed by atoms with Gasteiger partial charge in [0.2, 0.25) is 0 Å². The summed E-state index contributed by atoms with van der Waals surface area (Å²) in [7, 11) is 0. The van der Waals surface area contributed by atoms with Gasteiger partial charge in [0.15, 0.2) is 0 Å². The molecular weight excluding hydrogens is 241 g/mol. The Balaban J connectivity index is 0.00000128. The minimum Gasteiger partial charge on any atom is -0.445 e. The van der Waals surface area contributed by atoms with Gasteiger partial charge in [0.05, 0.1) is 0 Å². The molecule has 1 aliphatic rings. The average Bonchev–Trinajstić information content (AvgIpc) is 2.69. The third kappa shape index (κ3) is 3.50. The number of hydrogen-bond donors (Lipinski definition) is 0. The van der Waals surface area contributed by atoms with Gasteiger partial charge in [-0.15, -0.1) is 5.46 Å². The van der Waals surface area contributed by atoms with E-state index in [4.69, 9.17) is 0 Å². The second-order valence-electron chi connectivity index (χ2n) is 3.86. The van der Waals surface area contributed by atoms with E-state index in [1.807, 2.05) is 4.90 Å². The Morgan fingerprint density at radius 1 is 1.06 bits per heavy atom. The van der Waals surface area contributed by atoms with E-state index in [2.05, 4.69) is 0 Å². The van der Waals surface area contributed by atoms with Crippen molar-refractivity contribution in [2.24, 2.45) is 0 Å². The number of rotatable bonds is 2. The van der Waals surface area contributed by atoms with Gasteiger partial charge in [-0.1, -0.05) is 18.2 Å². The molecule has 1 aliphatic heterocycles. The molecular formula is C10H12BF3KN. The van der Waals surface area contributed by atoms with Crippen molar-refractivity contribution in [3.8, 4) is 0 Å². The molecule has 82 valence electrons. The number of benzene rings is 1. The third-order valence-corrected chi connectivity index (χ3v) is 2.72. The summed E-state index contributed by atoms with van der Waals surface area (Å²) < 4.78 is 37.5. The fourth-order valence-electron chi connectivity index (χ4n) is 1.90. The maximum absolute atomic E-state index is 12.5. The van der Waals surface area contributed by atoms with Crippen molar-refractivity contribution in [3.05, 3.63) is 24.3 Å². The van der Waals surface area contributed by atoms with Crippen LogP contribution in [0.15, 0.2) is 24.3 Å². The molecule has 0 radical (unpaired) electrons. The molecule has 1 aromatic rings. The molecule has 1 fully saturated rings. The van der Waals surface area contributed by atoms with Crippen LogP contribution in [0.25, 0.3) is 0 Å². The van der Waals surface area contributed by atoms with Crippen LogP contribution < -0.4 is 61.7 Å². The standard InChI is InChI=1S/C10H12BF3N.K/c12-11(13,14)9-4-3-5-10(8-9)15-6-1-2-7-15;/h3-5,8H,1-2,6-7H2;/q-1;+1. The molecule has 2 rings (SSSR count). The van der Waals surface area contributed by atoms with Gasteiger partial charge in [-0.3, -0.25) is 0 Å². The Morgan fingerprint density at radius 2 is 1.69 bits per heavy atom. The molecule has 1 nitrogen and oxygen atoms in total. The van der Waals surface area contributed by atoms with E-state index in [0.29, 0.717) is 5.69 Å². The maximum Gasteiger partial charge on any atom is 1.00 e. The largest absolute Gasteiger partial charge is 1.00 e. The predicted octanol–water partition coefficient (Wildman–Crippen LogP) is -0.655. The molecule has 0 saturated carbocycles. The van der Waals surface area contributed by atoms with Gasteiger partial charge in [-0.05, 0) is 18.9 Å². The van der Waals surface area contributed by atoms with Crippen LogP contribution in [0.3, 0.4) is 0 Å². The van der Waals surface area contributed by atoms with Crippen molar-refractivity contribution in [2.45, 2.75) is 12.8 Å². The molecule has 0 aromatic heterocycles. The van der Waals surface area contributed by atoms with Crippen molar-refractivity contribution in [1.82, 2.24) is 0 Å². The summed E-state index contributed by atoms with van der Waals surface area (Å²) >= 11 is 0. The summed E-state index contributed by atoms with van der Waals surface area (Å²) in [4.78, 5) is 2.01. The Labute approximate surface area is 136 Å². The smallest absolute Gasteiger partial charge is 0.445 e. The Morgan fingerprint density at radius 3 is 2.25 bits per heavy atom. The molecule has 0 aliphatic carbocycles. The Hall–Kier alpha value is 0.511. The van der Waals surface area contributed by atoms with E-state index in [0.717, 1.165) is 32.0 Å². The van der Waals surface area contributed by atoms with E-state index in [1.165, 1.54) is 12.1 Å². The van der Waals surface area contributed by atoms with Crippen LogP contribution in [0.2, 0.25) is 0 Å². The van der Waals surface area contributed by atoms with Crippen LogP contribution >= 0.6 is 0 Å². The zero-order valence-electron chi connectivity index (χ0n) is 9.30. The minimum atomic E-state index is -4.87. The Kier molecular flexibility index (Phi) is 5.38. The first-order valence-corrected chi connectivity index (χ1v) is 5.12. The zero-order chi connectivity index (χ0) is 10.9. The molecule has 16 heavy (non-hydrogen) atoms.